The molecular weight excluding hydrogens is 373 g/mol. The van der Waals surface area contributed by atoms with Crippen molar-refractivity contribution in [3.8, 4) is 22.8 Å². The SMILES string of the molecule is CC1(C)Oc2cc(OCCN3CCOCC3)ccc2-c2nn[se]c21. The Morgan fingerprint density at radius 1 is 1.29 bits per heavy atom. The van der Waals surface area contributed by atoms with Gasteiger partial charge in [0.2, 0.25) is 0 Å². The number of hydrogen-bond acceptors (Lipinski definition) is 6. The van der Waals surface area contributed by atoms with Crippen LogP contribution >= 0.6 is 0 Å². The molecule has 0 aliphatic carbocycles. The standard InChI is InChI=1S/C17H21N3O3Se/c1-17(2)16-15(18-19-24-16)13-4-3-12(11-14(13)23-17)22-10-7-20-5-8-21-9-6-20/h3-4,11H,5-10H2,1-2H3. The van der Waals surface area contributed by atoms with Crippen LogP contribution < -0.4 is 9.47 Å². The maximum atomic E-state index is 6.20. The molecule has 1 fully saturated rings. The predicted octanol–water partition coefficient (Wildman–Crippen LogP) is 1.54. The van der Waals surface area contributed by atoms with E-state index >= 15 is 0 Å². The second-order valence-corrected chi connectivity index (χ2v) is 8.11. The molecule has 7 heteroatoms. The number of morpholine rings is 1. The second-order valence-electron chi connectivity index (χ2n) is 6.52. The molecule has 0 bridgehead atoms. The van der Waals surface area contributed by atoms with E-state index in [1.165, 1.54) is 4.44 Å². The van der Waals surface area contributed by atoms with Crippen LogP contribution in [0.1, 0.15) is 18.3 Å². The van der Waals surface area contributed by atoms with Gasteiger partial charge in [0.1, 0.15) is 0 Å². The Morgan fingerprint density at radius 2 is 2.12 bits per heavy atom. The minimum absolute atomic E-state index is 0.0455. The Hall–Kier alpha value is -1.40. The number of nitrogens with zero attached hydrogens (tertiary/aromatic N) is 3. The fourth-order valence-corrected chi connectivity index (χ4v) is 4.55. The fraction of sp³-hybridized carbons (Fsp3) is 0.529. The maximum absolute atomic E-state index is 6.20. The van der Waals surface area contributed by atoms with Gasteiger partial charge in [-0.25, -0.2) is 0 Å². The zero-order valence-corrected chi connectivity index (χ0v) is 15.7. The van der Waals surface area contributed by atoms with Gasteiger partial charge in [0.05, 0.1) is 0 Å². The van der Waals surface area contributed by atoms with Crippen LogP contribution in [0.5, 0.6) is 11.5 Å². The van der Waals surface area contributed by atoms with Crippen molar-refractivity contribution in [2.45, 2.75) is 19.4 Å². The van der Waals surface area contributed by atoms with Crippen molar-refractivity contribution >= 4 is 14.7 Å². The third kappa shape index (κ3) is 3.09. The van der Waals surface area contributed by atoms with Crippen LogP contribution in [0.3, 0.4) is 0 Å². The Morgan fingerprint density at radius 3 is 2.96 bits per heavy atom. The summed E-state index contributed by atoms with van der Waals surface area (Å²) in [6, 6.07) is 6.00. The van der Waals surface area contributed by atoms with Gasteiger partial charge < -0.3 is 4.74 Å². The zero-order valence-electron chi connectivity index (χ0n) is 13.9. The van der Waals surface area contributed by atoms with Gasteiger partial charge in [-0.1, -0.05) is 0 Å². The molecule has 0 atom stereocenters. The first-order valence-corrected chi connectivity index (χ1v) is 9.85. The zero-order chi connectivity index (χ0) is 16.6. The summed E-state index contributed by atoms with van der Waals surface area (Å²) < 4.78 is 22.9. The van der Waals surface area contributed by atoms with Gasteiger partial charge in [-0.15, -0.1) is 0 Å². The summed E-state index contributed by atoms with van der Waals surface area (Å²) in [4.78, 5) is 2.36. The molecule has 1 aromatic carbocycles. The summed E-state index contributed by atoms with van der Waals surface area (Å²) in [6.07, 6.45) is 0. The van der Waals surface area contributed by atoms with E-state index in [1.54, 1.807) is 0 Å². The number of hydrogen-bond donors (Lipinski definition) is 0. The molecular formula is C17H21N3O3Se. The molecule has 2 aliphatic heterocycles. The van der Waals surface area contributed by atoms with Crippen molar-refractivity contribution in [2.75, 3.05) is 39.5 Å². The molecule has 0 saturated carbocycles. The van der Waals surface area contributed by atoms with E-state index in [2.05, 4.69) is 27.9 Å². The molecule has 6 nitrogen and oxygen atoms in total. The molecule has 2 aliphatic rings. The first kappa shape index (κ1) is 16.1. The first-order valence-electron chi connectivity index (χ1n) is 8.23. The van der Waals surface area contributed by atoms with E-state index < -0.39 is 0 Å². The van der Waals surface area contributed by atoms with Crippen LogP contribution in [-0.2, 0) is 10.3 Å². The quantitative estimate of drug-likeness (QED) is 0.734. The average molecular weight is 394 g/mol. The Bertz CT molecular complexity index is 726. The van der Waals surface area contributed by atoms with Crippen molar-refractivity contribution < 1.29 is 14.2 Å². The molecule has 1 aromatic heterocycles. The van der Waals surface area contributed by atoms with Crippen LogP contribution in [0.2, 0.25) is 0 Å². The molecule has 24 heavy (non-hydrogen) atoms. The van der Waals surface area contributed by atoms with Crippen molar-refractivity contribution in [3.63, 3.8) is 0 Å². The van der Waals surface area contributed by atoms with Crippen molar-refractivity contribution in [1.82, 2.24) is 14.1 Å². The van der Waals surface area contributed by atoms with Crippen molar-refractivity contribution in [1.29, 1.82) is 0 Å². The Balaban J connectivity index is 1.46. The van der Waals surface area contributed by atoms with E-state index in [0.29, 0.717) is 6.61 Å². The summed E-state index contributed by atoms with van der Waals surface area (Å²) in [5.41, 5.74) is 1.66. The van der Waals surface area contributed by atoms with Crippen LogP contribution in [0.25, 0.3) is 11.3 Å². The molecule has 0 amide bonds. The fourth-order valence-electron chi connectivity index (χ4n) is 3.07. The van der Waals surface area contributed by atoms with Crippen LogP contribution in [0.15, 0.2) is 18.2 Å². The summed E-state index contributed by atoms with van der Waals surface area (Å²) in [5, 5.41) is 4.34. The van der Waals surface area contributed by atoms with Crippen LogP contribution in [0, 0.1) is 0 Å². The predicted molar refractivity (Wildman–Crippen MR) is 90.8 cm³/mol. The number of fused-ring (bicyclic) bond motifs is 3. The van der Waals surface area contributed by atoms with Gasteiger partial charge in [0, 0.05) is 0 Å². The van der Waals surface area contributed by atoms with Gasteiger partial charge in [0.25, 0.3) is 0 Å². The van der Waals surface area contributed by atoms with Gasteiger partial charge in [-0.2, -0.15) is 0 Å². The van der Waals surface area contributed by atoms with Gasteiger partial charge >= 0.3 is 143 Å². The third-order valence-electron chi connectivity index (χ3n) is 4.39. The number of benzene rings is 1. The summed E-state index contributed by atoms with van der Waals surface area (Å²) in [7, 11) is 0. The van der Waals surface area contributed by atoms with E-state index in [-0.39, 0.29) is 20.3 Å². The molecule has 0 N–H and O–H groups in total. The van der Waals surface area contributed by atoms with Crippen LogP contribution in [0.4, 0.5) is 0 Å². The molecule has 0 unspecified atom stereocenters. The summed E-state index contributed by atoms with van der Waals surface area (Å²) >= 11 is 0.0455. The molecule has 0 spiro atoms. The Labute approximate surface area is 147 Å². The first-order chi connectivity index (χ1) is 11.6. The van der Waals surface area contributed by atoms with E-state index in [4.69, 9.17) is 14.2 Å². The second kappa shape index (κ2) is 6.48. The van der Waals surface area contributed by atoms with Crippen LogP contribution in [-0.4, -0.2) is 68.3 Å². The minimum atomic E-state index is -0.349. The monoisotopic (exact) mass is 395 g/mol. The number of rotatable bonds is 4. The van der Waals surface area contributed by atoms with E-state index in [0.717, 1.165) is 55.6 Å². The van der Waals surface area contributed by atoms with Gasteiger partial charge in [-0.05, 0) is 0 Å². The number of ether oxygens (including phenoxy) is 3. The molecule has 2 aromatic rings. The number of aromatic nitrogens is 2. The van der Waals surface area contributed by atoms with E-state index in [9.17, 15) is 0 Å². The topological polar surface area (TPSA) is 56.7 Å². The molecule has 3 heterocycles. The van der Waals surface area contributed by atoms with Crippen molar-refractivity contribution in [3.05, 3.63) is 22.6 Å². The van der Waals surface area contributed by atoms with E-state index in [1.807, 2.05) is 18.2 Å². The van der Waals surface area contributed by atoms with Gasteiger partial charge in [-0.3, -0.25) is 0 Å². The van der Waals surface area contributed by atoms with Crippen molar-refractivity contribution in [2.24, 2.45) is 0 Å². The molecule has 1 saturated heterocycles. The van der Waals surface area contributed by atoms with Gasteiger partial charge in [0.15, 0.2) is 0 Å². The molecule has 4 rings (SSSR count). The normalized spacial score (nSPS) is 19.2. The Kier molecular flexibility index (Phi) is 4.35. The molecule has 0 radical (unpaired) electrons. The third-order valence-corrected chi connectivity index (χ3v) is 6.55. The molecule has 128 valence electrons. The summed E-state index contributed by atoms with van der Waals surface area (Å²) in [5.74, 6) is 1.67. The summed E-state index contributed by atoms with van der Waals surface area (Å²) in [6.45, 7) is 9.33. The average Bonchev–Trinajstić information content (AvgIpc) is 3.06.